The van der Waals surface area contributed by atoms with Crippen molar-refractivity contribution in [1.29, 1.82) is 5.26 Å². The molecule has 464 valence electrons. The number of hydrogen-bond donors (Lipinski definition) is 3. The molecule has 2 aliphatic heterocycles. The van der Waals surface area contributed by atoms with Crippen molar-refractivity contribution in [2.24, 2.45) is 5.41 Å². The summed E-state index contributed by atoms with van der Waals surface area (Å²) in [5.41, 5.74) is 2.06. The number of ether oxygens (including phenoxy) is 5. The number of phosphoric acid groups is 1. The highest BCUT2D eigenvalue weighted by atomic mass is 31.2. The number of amides is 2. The fraction of sp³-hybridized carbons (Fsp3) is 0.318. The summed E-state index contributed by atoms with van der Waals surface area (Å²) in [7, 11) is -1.78. The fourth-order valence-electron chi connectivity index (χ4n) is 11.7. The van der Waals surface area contributed by atoms with Crippen LogP contribution in [0.3, 0.4) is 0 Å². The molecule has 2 unspecified atom stereocenters. The monoisotopic (exact) mass is 1240 g/mol. The molecule has 0 radical (unpaired) electrons. The van der Waals surface area contributed by atoms with Crippen LogP contribution in [0.5, 0.6) is 11.5 Å². The number of hydrogen-bond acceptors (Lipinski definition) is 19. The molecule has 24 heteroatoms. The van der Waals surface area contributed by atoms with Gasteiger partial charge in [-0.25, -0.2) is 34.5 Å². The van der Waals surface area contributed by atoms with Crippen LogP contribution < -0.4 is 20.1 Å². The van der Waals surface area contributed by atoms with Crippen molar-refractivity contribution in [3.63, 3.8) is 0 Å². The van der Waals surface area contributed by atoms with Crippen LogP contribution in [-0.2, 0) is 37.9 Å². The minimum Gasteiger partial charge on any atom is -0.497 e. The summed E-state index contributed by atoms with van der Waals surface area (Å²) in [6.45, 7) is 7.21. The van der Waals surface area contributed by atoms with Crippen molar-refractivity contribution in [2.45, 2.75) is 101 Å². The number of nitrogens with zero attached hydrogens (tertiary/aromatic N) is 9. The first-order valence-electron chi connectivity index (χ1n) is 29.5. The van der Waals surface area contributed by atoms with Gasteiger partial charge in [-0.3, -0.25) is 32.3 Å². The summed E-state index contributed by atoms with van der Waals surface area (Å²) in [6.07, 6.45) is 1.06. The van der Waals surface area contributed by atoms with Crippen molar-refractivity contribution in [3.05, 3.63) is 205 Å². The Bertz CT molecular complexity index is 3970. The van der Waals surface area contributed by atoms with Gasteiger partial charge in [-0.1, -0.05) is 111 Å². The Kier molecular flexibility index (Phi) is 19.3. The Morgan fingerprint density at radius 2 is 1.19 bits per heavy atom. The largest absolute Gasteiger partial charge is 0.497 e. The van der Waals surface area contributed by atoms with Gasteiger partial charge in [0.1, 0.15) is 60.5 Å². The van der Waals surface area contributed by atoms with Gasteiger partial charge in [-0.2, -0.15) is 5.26 Å². The third-order valence-corrected chi connectivity index (χ3v) is 18.2. The Hall–Kier alpha value is -9.08. The second kappa shape index (κ2) is 27.8. The van der Waals surface area contributed by atoms with E-state index in [2.05, 4.69) is 53.2 Å². The second-order valence-electron chi connectivity index (χ2n) is 21.8. The lowest BCUT2D eigenvalue weighted by atomic mass is 9.73. The Labute approximate surface area is 519 Å². The molecule has 0 aliphatic carbocycles. The van der Waals surface area contributed by atoms with Gasteiger partial charge in [0.25, 0.3) is 11.8 Å². The van der Waals surface area contributed by atoms with Crippen LogP contribution in [0.15, 0.2) is 177 Å². The van der Waals surface area contributed by atoms with Crippen LogP contribution in [0.4, 0.5) is 11.6 Å². The molecule has 9 aromatic rings. The number of carbonyl (C=O) groups excluding carboxylic acids is 2. The second-order valence-corrected chi connectivity index (χ2v) is 23.3. The third kappa shape index (κ3) is 13.0. The van der Waals surface area contributed by atoms with Gasteiger partial charge in [0.05, 0.1) is 64.8 Å². The van der Waals surface area contributed by atoms with Crippen molar-refractivity contribution >= 4 is 53.6 Å². The van der Waals surface area contributed by atoms with E-state index >= 15 is 4.57 Å². The summed E-state index contributed by atoms with van der Waals surface area (Å²) in [4.78, 5) is 53.6. The number of carbonyl (C=O) groups is 2. The number of benzene rings is 5. The van der Waals surface area contributed by atoms with E-state index in [4.69, 9.17) is 37.3 Å². The van der Waals surface area contributed by atoms with Crippen molar-refractivity contribution in [1.82, 2.24) is 39.0 Å². The van der Waals surface area contributed by atoms with Crippen LogP contribution >= 0.6 is 7.82 Å². The minimum absolute atomic E-state index is 0.0234. The van der Waals surface area contributed by atoms with Gasteiger partial charge >= 0.3 is 7.82 Å². The average Bonchev–Trinajstić information content (AvgIpc) is 1.32. The molecule has 5 aromatic carbocycles. The zero-order valence-electron chi connectivity index (χ0n) is 50.0. The van der Waals surface area contributed by atoms with Crippen molar-refractivity contribution in [2.75, 3.05) is 38.1 Å². The molecule has 2 fully saturated rings. The number of nitriles is 1. The third-order valence-electron chi connectivity index (χ3n) is 16.7. The van der Waals surface area contributed by atoms with Crippen molar-refractivity contribution < 1.29 is 56.5 Å². The number of anilines is 2. The maximum Gasteiger partial charge on any atom is 0.475 e. The number of methoxy groups -OCH3 is 2. The first-order chi connectivity index (χ1) is 43.8. The smallest absolute Gasteiger partial charge is 0.475 e. The standard InChI is InChI=1S/C66H68N11O12P/c1-6-33-65(7-2,8-3)54(32-34-67)89-90(81,85-38-52-50(78)35-55(86-52)76-41-72-57-59(68-39-70-61(57)76)74-63(79)43-18-12-9-13-19-43)88-51-36-56(77-42-73-58-60(69-40-71-62(58)77)75-64(80)44-20-14-10-15-21-44)87-53(51)37-84-66(45-22-16-11-17-23-45,46-24-28-48(82-4)29-25-46)47-26-30-49(83-5)31-27-47/h6,9-31,39-42,50-56,78H,1,7-8,32-33,35-38H2,2-5H3,(H,68,70,74,79)(H,69,71,75,80)/t50-,51-,52+,53+,54?,55+,56+,90?/m0/s1. The van der Waals surface area contributed by atoms with E-state index in [1.807, 2.05) is 98.8 Å². The molecule has 2 saturated heterocycles. The number of phosphoric ester groups is 1. The van der Waals surface area contributed by atoms with Gasteiger partial charge in [-0.05, 0) is 84.5 Å². The van der Waals surface area contributed by atoms with E-state index in [9.17, 15) is 20.0 Å². The molecule has 23 nitrogen and oxygen atoms in total. The lowest BCUT2D eigenvalue weighted by Crippen LogP contribution is -2.39. The molecular weight excluding hydrogens is 1170 g/mol. The molecule has 3 N–H and O–H groups in total. The van der Waals surface area contributed by atoms with E-state index in [0.29, 0.717) is 53.2 Å². The zero-order chi connectivity index (χ0) is 62.8. The Morgan fingerprint density at radius 3 is 1.68 bits per heavy atom. The molecule has 2 aliphatic rings. The van der Waals surface area contributed by atoms with Gasteiger partial charge in [0, 0.05) is 29.4 Å². The number of nitrogens with one attached hydrogen (secondary N) is 2. The molecule has 0 spiro atoms. The lowest BCUT2D eigenvalue weighted by molar-refractivity contribution is -0.0977. The first kappa shape index (κ1) is 62.5. The number of rotatable bonds is 27. The van der Waals surface area contributed by atoms with E-state index in [-0.39, 0.29) is 48.5 Å². The highest BCUT2D eigenvalue weighted by Gasteiger charge is 2.50. The predicted molar refractivity (Wildman–Crippen MR) is 332 cm³/mol. The number of aromatic nitrogens is 8. The van der Waals surface area contributed by atoms with E-state index in [1.165, 1.54) is 25.3 Å². The minimum atomic E-state index is -4.96. The SMILES string of the molecule is C=CCC(CC)(CC)C(CC#N)OP(=O)(OC[C@H]1O[C@@H](n2cnc3c(NC(=O)c4ccccc4)ncnc32)C[C@@H]1O)O[C@H]1C[C@H](n2cnc3c(NC(=O)c4ccccc4)ncnc32)O[C@@H]1COC(c1ccccc1)(c1ccc(OC)cc1)c1ccc(OC)cc1. The average molecular weight is 1240 g/mol. The van der Waals surface area contributed by atoms with Crippen LogP contribution in [-0.4, -0.2) is 114 Å². The first-order valence-corrected chi connectivity index (χ1v) is 31.0. The maximum atomic E-state index is 16.3. The van der Waals surface area contributed by atoms with Gasteiger partial charge in [0.15, 0.2) is 34.0 Å². The zero-order valence-corrected chi connectivity index (χ0v) is 50.9. The maximum absolute atomic E-state index is 16.3. The van der Waals surface area contributed by atoms with Gasteiger partial charge in [0.2, 0.25) is 0 Å². The molecule has 6 heterocycles. The molecule has 11 rings (SSSR count). The van der Waals surface area contributed by atoms with Gasteiger partial charge < -0.3 is 39.4 Å². The van der Waals surface area contributed by atoms with Gasteiger partial charge in [-0.15, -0.1) is 6.58 Å². The normalized spacial score (nSPS) is 19.4. The summed E-state index contributed by atoms with van der Waals surface area (Å²) in [5, 5.41) is 27.9. The highest BCUT2D eigenvalue weighted by Crippen LogP contribution is 2.58. The lowest BCUT2D eigenvalue weighted by Gasteiger charge is -2.39. The van der Waals surface area contributed by atoms with Crippen molar-refractivity contribution in [3.8, 4) is 17.6 Å². The van der Waals surface area contributed by atoms with Crippen LogP contribution in [0.25, 0.3) is 22.3 Å². The molecule has 2 amide bonds. The molecular formula is C66H68N11O12P. The predicted octanol–water partition coefficient (Wildman–Crippen LogP) is 11.3. The molecule has 0 saturated carbocycles. The summed E-state index contributed by atoms with van der Waals surface area (Å²) >= 11 is 0. The van der Waals surface area contributed by atoms with Crippen LogP contribution in [0.1, 0.15) is 102 Å². The number of aliphatic hydroxyl groups excluding tert-OH is 1. The van der Waals surface area contributed by atoms with E-state index in [1.54, 1.807) is 84.0 Å². The number of allylic oxidation sites excluding steroid dienone is 1. The number of fused-ring (bicyclic) bond motifs is 2. The Morgan fingerprint density at radius 1 is 0.700 bits per heavy atom. The molecule has 0 bridgehead atoms. The topological polar surface area (TPSA) is 280 Å². The van der Waals surface area contributed by atoms with E-state index < -0.39 is 80.2 Å². The summed E-state index contributed by atoms with van der Waals surface area (Å²) in [5.74, 6) is 0.753. The Balaban J connectivity index is 0.956. The number of imidazole rings is 2. The van der Waals surface area contributed by atoms with E-state index in [0.717, 1.165) is 16.7 Å². The fourth-order valence-corrected chi connectivity index (χ4v) is 13.4. The summed E-state index contributed by atoms with van der Waals surface area (Å²) < 4.78 is 71.9. The highest BCUT2D eigenvalue weighted by molar-refractivity contribution is 7.48. The molecule has 4 aromatic heterocycles. The van der Waals surface area contributed by atoms with Crippen LogP contribution in [0.2, 0.25) is 0 Å². The molecule has 8 atom stereocenters. The summed E-state index contributed by atoms with van der Waals surface area (Å²) in [6, 6.07) is 44.4. The van der Waals surface area contributed by atoms with Crippen LogP contribution in [0, 0.1) is 16.7 Å². The number of aliphatic hydroxyl groups is 1. The molecule has 90 heavy (non-hydrogen) atoms. The quantitative estimate of drug-likeness (QED) is 0.0245.